The van der Waals surface area contributed by atoms with Crippen molar-refractivity contribution in [1.29, 1.82) is 0 Å². The van der Waals surface area contributed by atoms with Crippen LogP contribution in [0.3, 0.4) is 0 Å². The predicted molar refractivity (Wildman–Crippen MR) is 146 cm³/mol. The van der Waals surface area contributed by atoms with Gasteiger partial charge in [-0.2, -0.15) is 0 Å². The number of rotatable bonds is 10. The number of nitrogens with one attached hydrogen (secondary N) is 2. The first-order chi connectivity index (χ1) is 15.7. The molecule has 1 aromatic carbocycles. The van der Waals surface area contributed by atoms with Crippen LogP contribution in [-0.2, 0) is 22.6 Å². The number of nitrogens with zero attached hydrogens (tertiary/aromatic N) is 3. The van der Waals surface area contributed by atoms with Gasteiger partial charge in [0.15, 0.2) is 5.96 Å². The standard InChI is InChI=1S/C25H43N5O2.HI/c1-4-23(5-2)24(30-12-16-32-17-13-30)19-28-25(26-3)27-18-21-6-8-22(9-7-21)20-29-10-14-31-15-11-29;/h6-9,23-24H,4-5,10-20H2,1-3H3,(H2,26,27,28);1H. The average Bonchev–Trinajstić information content (AvgIpc) is 2.85. The lowest BCUT2D eigenvalue weighted by Gasteiger charge is -2.39. The molecule has 0 amide bonds. The molecule has 0 aromatic heterocycles. The fourth-order valence-electron chi connectivity index (χ4n) is 4.72. The number of aliphatic imine (C=N–C) groups is 1. The highest BCUT2D eigenvalue weighted by Gasteiger charge is 2.27. The number of ether oxygens (including phenoxy) is 2. The highest BCUT2D eigenvalue weighted by molar-refractivity contribution is 14.0. The van der Waals surface area contributed by atoms with E-state index >= 15 is 0 Å². The van der Waals surface area contributed by atoms with E-state index in [0.29, 0.717) is 12.0 Å². The van der Waals surface area contributed by atoms with Gasteiger partial charge >= 0.3 is 0 Å². The minimum atomic E-state index is 0. The fourth-order valence-corrected chi connectivity index (χ4v) is 4.72. The SMILES string of the molecule is CCC(CC)C(CNC(=NC)NCc1ccc(CN2CCOCC2)cc1)N1CCOCC1.I. The number of hydrogen-bond donors (Lipinski definition) is 2. The monoisotopic (exact) mass is 573 g/mol. The first-order valence-electron chi connectivity index (χ1n) is 12.4. The van der Waals surface area contributed by atoms with Gasteiger partial charge in [0.1, 0.15) is 0 Å². The van der Waals surface area contributed by atoms with Gasteiger partial charge in [-0.05, 0) is 17.0 Å². The summed E-state index contributed by atoms with van der Waals surface area (Å²) in [6, 6.07) is 9.43. The zero-order chi connectivity index (χ0) is 22.6. The molecule has 0 saturated carbocycles. The Morgan fingerprint density at radius 2 is 1.48 bits per heavy atom. The Hall–Kier alpha value is -0.940. The Morgan fingerprint density at radius 1 is 0.909 bits per heavy atom. The molecule has 2 N–H and O–H groups in total. The van der Waals surface area contributed by atoms with Crippen LogP contribution in [0.25, 0.3) is 0 Å². The summed E-state index contributed by atoms with van der Waals surface area (Å²) in [5, 5.41) is 7.08. The third-order valence-corrected chi connectivity index (χ3v) is 6.80. The second-order valence-electron chi connectivity index (χ2n) is 8.80. The van der Waals surface area contributed by atoms with E-state index in [1.54, 1.807) is 0 Å². The molecule has 0 radical (unpaired) electrons. The summed E-state index contributed by atoms with van der Waals surface area (Å²) in [7, 11) is 1.85. The third kappa shape index (κ3) is 9.32. The van der Waals surface area contributed by atoms with Gasteiger partial charge in [0, 0.05) is 58.9 Å². The zero-order valence-electron chi connectivity index (χ0n) is 20.7. The first-order valence-corrected chi connectivity index (χ1v) is 12.4. The lowest BCUT2D eigenvalue weighted by molar-refractivity contribution is 0.00272. The normalized spacial score (nSPS) is 19.2. The van der Waals surface area contributed by atoms with Gasteiger partial charge in [0.25, 0.3) is 0 Å². The Bertz CT molecular complexity index is 672. The zero-order valence-corrected chi connectivity index (χ0v) is 23.1. The minimum Gasteiger partial charge on any atom is -0.379 e. The maximum absolute atomic E-state index is 5.58. The Balaban J connectivity index is 0.00000385. The van der Waals surface area contributed by atoms with Crippen LogP contribution in [-0.4, -0.2) is 88.0 Å². The smallest absolute Gasteiger partial charge is 0.191 e. The van der Waals surface area contributed by atoms with Crippen molar-refractivity contribution in [2.45, 2.75) is 45.8 Å². The predicted octanol–water partition coefficient (Wildman–Crippen LogP) is 2.94. The summed E-state index contributed by atoms with van der Waals surface area (Å²) in [6.07, 6.45) is 2.39. The summed E-state index contributed by atoms with van der Waals surface area (Å²) in [4.78, 5) is 9.50. The van der Waals surface area contributed by atoms with Crippen molar-refractivity contribution in [3.63, 3.8) is 0 Å². The summed E-state index contributed by atoms with van der Waals surface area (Å²) < 4.78 is 11.0. The van der Waals surface area contributed by atoms with Crippen LogP contribution in [0, 0.1) is 5.92 Å². The second kappa shape index (κ2) is 15.9. The number of morpholine rings is 2. The summed E-state index contributed by atoms with van der Waals surface area (Å²) in [6.45, 7) is 14.7. The van der Waals surface area contributed by atoms with Crippen LogP contribution < -0.4 is 10.6 Å². The van der Waals surface area contributed by atoms with Crippen molar-refractivity contribution in [2.24, 2.45) is 10.9 Å². The van der Waals surface area contributed by atoms with Gasteiger partial charge in [0.05, 0.1) is 26.4 Å². The number of halogens is 1. The van der Waals surface area contributed by atoms with Crippen LogP contribution in [0.15, 0.2) is 29.3 Å². The summed E-state index contributed by atoms with van der Waals surface area (Å²) >= 11 is 0. The molecule has 0 spiro atoms. The molecule has 8 heteroatoms. The molecule has 1 atom stereocenters. The Morgan fingerprint density at radius 3 is 2.06 bits per heavy atom. The second-order valence-corrected chi connectivity index (χ2v) is 8.80. The van der Waals surface area contributed by atoms with E-state index in [-0.39, 0.29) is 24.0 Å². The quantitative estimate of drug-likeness (QED) is 0.255. The van der Waals surface area contributed by atoms with Gasteiger partial charge < -0.3 is 20.1 Å². The van der Waals surface area contributed by atoms with Gasteiger partial charge in [0.2, 0.25) is 0 Å². The van der Waals surface area contributed by atoms with Crippen molar-refractivity contribution in [1.82, 2.24) is 20.4 Å². The van der Waals surface area contributed by atoms with Crippen molar-refractivity contribution in [2.75, 3.05) is 66.2 Å². The molecule has 2 saturated heterocycles. The Kier molecular flexibility index (Phi) is 13.6. The molecule has 1 unspecified atom stereocenters. The van der Waals surface area contributed by atoms with Crippen molar-refractivity contribution in [3.8, 4) is 0 Å². The van der Waals surface area contributed by atoms with E-state index in [2.05, 4.69) is 63.5 Å². The molecule has 2 heterocycles. The summed E-state index contributed by atoms with van der Waals surface area (Å²) in [5.41, 5.74) is 2.63. The van der Waals surface area contributed by atoms with Crippen molar-refractivity contribution >= 4 is 29.9 Å². The molecular formula is C25H44IN5O2. The molecule has 1 aromatic rings. The summed E-state index contributed by atoms with van der Waals surface area (Å²) in [5.74, 6) is 1.55. The molecular weight excluding hydrogens is 529 g/mol. The molecule has 2 aliphatic heterocycles. The van der Waals surface area contributed by atoms with E-state index in [9.17, 15) is 0 Å². The maximum atomic E-state index is 5.58. The Labute approximate surface area is 217 Å². The molecule has 188 valence electrons. The van der Waals surface area contributed by atoms with E-state index < -0.39 is 0 Å². The minimum absolute atomic E-state index is 0. The molecule has 2 fully saturated rings. The van der Waals surface area contributed by atoms with E-state index in [1.165, 1.54) is 24.0 Å². The van der Waals surface area contributed by atoms with Gasteiger partial charge in [-0.3, -0.25) is 14.8 Å². The van der Waals surface area contributed by atoms with Crippen LogP contribution in [0.4, 0.5) is 0 Å². The maximum Gasteiger partial charge on any atom is 0.191 e. The van der Waals surface area contributed by atoms with Crippen LogP contribution >= 0.6 is 24.0 Å². The molecule has 0 aliphatic carbocycles. The number of hydrogen-bond acceptors (Lipinski definition) is 5. The third-order valence-electron chi connectivity index (χ3n) is 6.80. The highest BCUT2D eigenvalue weighted by Crippen LogP contribution is 2.19. The average molecular weight is 574 g/mol. The van der Waals surface area contributed by atoms with E-state index in [0.717, 1.165) is 78.2 Å². The van der Waals surface area contributed by atoms with Gasteiger partial charge in [-0.25, -0.2) is 0 Å². The number of guanidine groups is 1. The van der Waals surface area contributed by atoms with Crippen LogP contribution in [0.1, 0.15) is 37.8 Å². The molecule has 2 aliphatic rings. The van der Waals surface area contributed by atoms with E-state index in [4.69, 9.17) is 9.47 Å². The van der Waals surface area contributed by atoms with Crippen LogP contribution in [0.5, 0.6) is 0 Å². The molecule has 0 bridgehead atoms. The van der Waals surface area contributed by atoms with Crippen molar-refractivity contribution < 1.29 is 9.47 Å². The topological polar surface area (TPSA) is 61.4 Å². The van der Waals surface area contributed by atoms with E-state index in [1.807, 2.05) is 7.05 Å². The molecule has 33 heavy (non-hydrogen) atoms. The fraction of sp³-hybridized carbons (Fsp3) is 0.720. The highest BCUT2D eigenvalue weighted by atomic mass is 127. The lowest BCUT2D eigenvalue weighted by Crippen LogP contribution is -2.53. The number of benzene rings is 1. The van der Waals surface area contributed by atoms with Gasteiger partial charge in [-0.15, -0.1) is 24.0 Å². The largest absolute Gasteiger partial charge is 0.379 e. The van der Waals surface area contributed by atoms with Crippen molar-refractivity contribution in [3.05, 3.63) is 35.4 Å². The first kappa shape index (κ1) is 28.3. The molecule has 3 rings (SSSR count). The lowest BCUT2D eigenvalue weighted by atomic mass is 9.92. The van der Waals surface area contributed by atoms with Gasteiger partial charge in [-0.1, -0.05) is 51.0 Å². The van der Waals surface area contributed by atoms with Crippen LogP contribution in [0.2, 0.25) is 0 Å². The molecule has 7 nitrogen and oxygen atoms in total.